The largest absolute Gasteiger partial charge is 0.489 e. The minimum absolute atomic E-state index is 0.000530. The minimum atomic E-state index is -0.173. The number of Topliss-reactive ketones (excluding diaryl/α,β-unsaturated/α-hetero) is 1. The highest BCUT2D eigenvalue weighted by Crippen LogP contribution is 2.21. The number of carbonyl (C=O) groups excluding carboxylic acids is 2. The molecule has 0 saturated heterocycles. The first kappa shape index (κ1) is 17.9. The number of aryl methyl sites for hydroxylation is 1. The molecule has 0 spiro atoms. The fourth-order valence-electron chi connectivity index (χ4n) is 2.43. The molecule has 2 aromatic carbocycles. The fraction of sp³-hybridized carbons (Fsp3) is 0.143. The van der Waals surface area contributed by atoms with E-state index in [1.165, 1.54) is 18.3 Å². The number of ether oxygens (including phenoxy) is 1. The molecule has 1 heterocycles. The van der Waals surface area contributed by atoms with Crippen molar-refractivity contribution in [2.45, 2.75) is 20.5 Å². The summed E-state index contributed by atoms with van der Waals surface area (Å²) in [5.41, 5.74) is 3.31. The van der Waals surface area contributed by atoms with Gasteiger partial charge in [-0.1, -0.05) is 18.2 Å². The molecule has 5 heteroatoms. The SMILES string of the molecule is CC(=O)c1ccc(NC(=O)c2cc(COc3ccccc3C)cs2)cc1. The van der Waals surface area contributed by atoms with Crippen LogP contribution < -0.4 is 10.1 Å². The van der Waals surface area contributed by atoms with Crippen molar-refractivity contribution in [1.82, 2.24) is 0 Å². The van der Waals surface area contributed by atoms with Crippen LogP contribution in [0.5, 0.6) is 5.75 Å². The quantitative estimate of drug-likeness (QED) is 0.619. The number of amides is 1. The van der Waals surface area contributed by atoms with E-state index in [2.05, 4.69) is 5.32 Å². The van der Waals surface area contributed by atoms with Gasteiger partial charge in [0.15, 0.2) is 5.78 Å². The monoisotopic (exact) mass is 365 g/mol. The molecule has 0 bridgehead atoms. The van der Waals surface area contributed by atoms with Gasteiger partial charge in [-0.05, 0) is 61.2 Å². The van der Waals surface area contributed by atoms with E-state index in [1.807, 2.05) is 42.6 Å². The Morgan fingerprint density at radius 3 is 2.50 bits per heavy atom. The molecule has 0 aliphatic heterocycles. The van der Waals surface area contributed by atoms with Crippen molar-refractivity contribution in [3.8, 4) is 5.75 Å². The Morgan fingerprint density at radius 1 is 1.08 bits per heavy atom. The van der Waals surface area contributed by atoms with Gasteiger partial charge in [0.05, 0.1) is 4.88 Å². The summed E-state index contributed by atoms with van der Waals surface area (Å²) in [6.07, 6.45) is 0. The number of para-hydroxylation sites is 1. The molecular formula is C21H19NO3S. The molecule has 132 valence electrons. The van der Waals surface area contributed by atoms with E-state index in [-0.39, 0.29) is 11.7 Å². The van der Waals surface area contributed by atoms with Gasteiger partial charge < -0.3 is 10.1 Å². The van der Waals surface area contributed by atoms with Gasteiger partial charge in [-0.2, -0.15) is 0 Å². The van der Waals surface area contributed by atoms with Crippen molar-refractivity contribution >= 4 is 28.7 Å². The van der Waals surface area contributed by atoms with E-state index in [1.54, 1.807) is 24.3 Å². The normalized spacial score (nSPS) is 10.4. The number of benzene rings is 2. The highest BCUT2D eigenvalue weighted by Gasteiger charge is 2.11. The molecule has 0 aliphatic rings. The topological polar surface area (TPSA) is 55.4 Å². The number of rotatable bonds is 6. The van der Waals surface area contributed by atoms with Crippen molar-refractivity contribution in [3.05, 3.63) is 81.5 Å². The van der Waals surface area contributed by atoms with Gasteiger partial charge in [0.1, 0.15) is 12.4 Å². The maximum absolute atomic E-state index is 12.4. The lowest BCUT2D eigenvalue weighted by molar-refractivity contribution is 0.101. The molecule has 0 atom stereocenters. The van der Waals surface area contributed by atoms with Gasteiger partial charge in [-0.15, -0.1) is 11.3 Å². The van der Waals surface area contributed by atoms with Crippen LogP contribution in [0.2, 0.25) is 0 Å². The van der Waals surface area contributed by atoms with Gasteiger partial charge in [-0.3, -0.25) is 9.59 Å². The Hall–Kier alpha value is -2.92. The summed E-state index contributed by atoms with van der Waals surface area (Å²) in [7, 11) is 0. The third-order valence-corrected chi connectivity index (χ3v) is 4.89. The number of thiophene rings is 1. The Kier molecular flexibility index (Phi) is 5.49. The van der Waals surface area contributed by atoms with Crippen LogP contribution in [-0.4, -0.2) is 11.7 Å². The predicted octanol–water partition coefficient (Wildman–Crippen LogP) is 5.09. The molecule has 3 rings (SSSR count). The van der Waals surface area contributed by atoms with Crippen LogP contribution in [0.4, 0.5) is 5.69 Å². The third-order valence-electron chi connectivity index (χ3n) is 3.91. The standard InChI is InChI=1S/C21H19NO3S/c1-14-5-3-4-6-19(14)25-12-16-11-20(26-13-16)21(24)22-18-9-7-17(8-10-18)15(2)23/h3-11,13H,12H2,1-2H3,(H,22,24). The molecule has 3 aromatic rings. The molecule has 1 aromatic heterocycles. The van der Waals surface area contributed by atoms with Gasteiger partial charge in [0.25, 0.3) is 5.91 Å². The molecule has 4 nitrogen and oxygen atoms in total. The van der Waals surface area contributed by atoms with Crippen LogP contribution in [0.1, 0.15) is 38.1 Å². The number of carbonyl (C=O) groups is 2. The van der Waals surface area contributed by atoms with Gasteiger partial charge in [0, 0.05) is 16.8 Å². The molecule has 1 amide bonds. The van der Waals surface area contributed by atoms with Crippen molar-refractivity contribution in [2.75, 3.05) is 5.32 Å². The Morgan fingerprint density at radius 2 is 1.81 bits per heavy atom. The van der Waals surface area contributed by atoms with E-state index < -0.39 is 0 Å². The van der Waals surface area contributed by atoms with Crippen molar-refractivity contribution in [1.29, 1.82) is 0 Å². The van der Waals surface area contributed by atoms with Gasteiger partial charge in [0.2, 0.25) is 0 Å². The van der Waals surface area contributed by atoms with Gasteiger partial charge in [-0.25, -0.2) is 0 Å². The lowest BCUT2D eigenvalue weighted by Crippen LogP contribution is -2.10. The lowest BCUT2D eigenvalue weighted by atomic mass is 10.1. The second-order valence-corrected chi connectivity index (χ2v) is 6.87. The Labute approximate surface area is 156 Å². The first-order valence-corrected chi connectivity index (χ1v) is 9.09. The summed E-state index contributed by atoms with van der Waals surface area (Å²) >= 11 is 1.38. The average molecular weight is 365 g/mol. The molecule has 0 saturated carbocycles. The van der Waals surface area contributed by atoms with Crippen LogP contribution in [0.15, 0.2) is 60.0 Å². The smallest absolute Gasteiger partial charge is 0.265 e. The third kappa shape index (κ3) is 4.37. The summed E-state index contributed by atoms with van der Waals surface area (Å²) < 4.78 is 5.81. The molecule has 0 unspecified atom stereocenters. The molecule has 0 aliphatic carbocycles. The zero-order chi connectivity index (χ0) is 18.5. The number of nitrogens with one attached hydrogen (secondary N) is 1. The van der Waals surface area contributed by atoms with Crippen LogP contribution in [-0.2, 0) is 6.61 Å². The second-order valence-electron chi connectivity index (χ2n) is 5.96. The lowest BCUT2D eigenvalue weighted by Gasteiger charge is -2.07. The van der Waals surface area contributed by atoms with Crippen LogP contribution in [0, 0.1) is 6.92 Å². The van der Waals surface area contributed by atoms with Crippen LogP contribution >= 0.6 is 11.3 Å². The summed E-state index contributed by atoms with van der Waals surface area (Å²) in [6, 6.07) is 16.5. The average Bonchev–Trinajstić information content (AvgIpc) is 3.11. The Balaban J connectivity index is 1.60. The fourth-order valence-corrected chi connectivity index (χ4v) is 3.22. The zero-order valence-electron chi connectivity index (χ0n) is 14.6. The summed E-state index contributed by atoms with van der Waals surface area (Å²) in [5.74, 6) is 0.669. The van der Waals surface area contributed by atoms with E-state index in [0.29, 0.717) is 22.7 Å². The molecule has 26 heavy (non-hydrogen) atoms. The molecule has 0 fully saturated rings. The number of anilines is 1. The zero-order valence-corrected chi connectivity index (χ0v) is 15.4. The van der Waals surface area contributed by atoms with E-state index in [0.717, 1.165) is 16.9 Å². The van der Waals surface area contributed by atoms with Crippen molar-refractivity contribution in [2.24, 2.45) is 0 Å². The summed E-state index contributed by atoms with van der Waals surface area (Å²) in [4.78, 5) is 24.3. The van der Waals surface area contributed by atoms with Crippen LogP contribution in [0.3, 0.4) is 0 Å². The maximum Gasteiger partial charge on any atom is 0.265 e. The highest BCUT2D eigenvalue weighted by atomic mass is 32.1. The second kappa shape index (κ2) is 7.97. The highest BCUT2D eigenvalue weighted by molar-refractivity contribution is 7.12. The van der Waals surface area contributed by atoms with E-state index in [9.17, 15) is 9.59 Å². The predicted molar refractivity (Wildman–Crippen MR) is 104 cm³/mol. The van der Waals surface area contributed by atoms with Gasteiger partial charge >= 0.3 is 0 Å². The first-order valence-electron chi connectivity index (χ1n) is 8.21. The molecular weight excluding hydrogens is 346 g/mol. The first-order chi connectivity index (χ1) is 12.5. The maximum atomic E-state index is 12.4. The van der Waals surface area contributed by atoms with Crippen molar-refractivity contribution in [3.63, 3.8) is 0 Å². The Bertz CT molecular complexity index is 928. The number of hydrogen-bond acceptors (Lipinski definition) is 4. The molecule has 1 N–H and O–H groups in total. The van der Waals surface area contributed by atoms with E-state index in [4.69, 9.17) is 4.74 Å². The van der Waals surface area contributed by atoms with E-state index >= 15 is 0 Å². The summed E-state index contributed by atoms with van der Waals surface area (Å²) in [5, 5.41) is 4.76. The minimum Gasteiger partial charge on any atom is -0.489 e. The van der Waals surface area contributed by atoms with Crippen molar-refractivity contribution < 1.29 is 14.3 Å². The number of hydrogen-bond donors (Lipinski definition) is 1. The summed E-state index contributed by atoms with van der Waals surface area (Å²) in [6.45, 7) is 3.93. The molecule has 0 radical (unpaired) electrons. The number of ketones is 1. The van der Waals surface area contributed by atoms with Crippen LogP contribution in [0.25, 0.3) is 0 Å².